The van der Waals surface area contributed by atoms with Crippen LogP contribution in [0, 0.1) is 35.5 Å². The third kappa shape index (κ3) is 1.07. The molecule has 0 radical (unpaired) electrons. The van der Waals surface area contributed by atoms with Crippen LogP contribution >= 0.6 is 0 Å². The molecular formula is C14H23N. The third-order valence-electron chi connectivity index (χ3n) is 5.74. The molecule has 6 aliphatic rings. The minimum atomic E-state index is 0.665. The summed E-state index contributed by atoms with van der Waals surface area (Å²) in [5.41, 5.74) is 1.47. The molecule has 1 heteroatoms. The fourth-order valence-electron chi connectivity index (χ4n) is 4.87. The summed E-state index contributed by atoms with van der Waals surface area (Å²) in [6.07, 6.45) is 2.81. The van der Waals surface area contributed by atoms with Gasteiger partial charge in [0.2, 0.25) is 0 Å². The summed E-state index contributed by atoms with van der Waals surface area (Å²) in [6.45, 7) is 9.50. The van der Waals surface area contributed by atoms with Gasteiger partial charge in [-0.1, -0.05) is 27.2 Å². The van der Waals surface area contributed by atoms with Gasteiger partial charge in [-0.2, -0.15) is 0 Å². The maximum absolute atomic E-state index is 5.00. The minimum absolute atomic E-state index is 0.665. The molecule has 0 aromatic rings. The Bertz CT molecular complexity index is 296. The molecule has 84 valence electrons. The van der Waals surface area contributed by atoms with Crippen molar-refractivity contribution in [2.45, 2.75) is 46.6 Å². The molecule has 2 fully saturated rings. The van der Waals surface area contributed by atoms with Gasteiger partial charge in [-0.3, -0.25) is 4.99 Å². The van der Waals surface area contributed by atoms with Crippen molar-refractivity contribution in [3.05, 3.63) is 0 Å². The molecule has 0 spiro atoms. The standard InChI is InChI=1S/C14H23N/c1-5-10-11-6-12(10)13-7(2)14(8(13)3)15-9(11)4/h7-8,10-14H,5-6H2,1-4H3/b15-9-. The number of aliphatic imine (C=N–C) groups is 1. The van der Waals surface area contributed by atoms with Crippen molar-refractivity contribution in [2.75, 3.05) is 0 Å². The Kier molecular flexibility index (Phi) is 2.03. The molecule has 0 amide bonds. The lowest BCUT2D eigenvalue weighted by molar-refractivity contribution is -0.0769. The molecule has 15 heavy (non-hydrogen) atoms. The van der Waals surface area contributed by atoms with Crippen molar-refractivity contribution in [2.24, 2.45) is 40.5 Å². The van der Waals surface area contributed by atoms with E-state index in [9.17, 15) is 0 Å². The monoisotopic (exact) mass is 205 g/mol. The summed E-state index contributed by atoms with van der Waals surface area (Å²) in [6, 6.07) is 0.665. The molecule has 4 heterocycles. The van der Waals surface area contributed by atoms with Gasteiger partial charge in [0, 0.05) is 5.71 Å². The summed E-state index contributed by atoms with van der Waals surface area (Å²) in [7, 11) is 0. The smallest absolute Gasteiger partial charge is 0.0555 e. The van der Waals surface area contributed by atoms with E-state index < -0.39 is 0 Å². The van der Waals surface area contributed by atoms with E-state index in [2.05, 4.69) is 27.7 Å². The van der Waals surface area contributed by atoms with Crippen LogP contribution in [0.15, 0.2) is 4.99 Å². The van der Waals surface area contributed by atoms with Crippen molar-refractivity contribution >= 4 is 5.71 Å². The van der Waals surface area contributed by atoms with Gasteiger partial charge in [-0.25, -0.2) is 0 Å². The second kappa shape index (κ2) is 3.09. The molecule has 0 saturated heterocycles. The zero-order chi connectivity index (χ0) is 10.7. The Morgan fingerprint density at radius 2 is 1.93 bits per heavy atom. The zero-order valence-electron chi connectivity index (χ0n) is 10.4. The maximum Gasteiger partial charge on any atom is 0.0555 e. The summed E-state index contributed by atoms with van der Waals surface area (Å²) in [5, 5.41) is 0. The number of rotatable bonds is 1. The molecule has 6 rings (SSSR count). The zero-order valence-corrected chi connectivity index (χ0v) is 10.4. The van der Waals surface area contributed by atoms with Crippen LogP contribution in [0.2, 0.25) is 0 Å². The van der Waals surface area contributed by atoms with E-state index in [1.165, 1.54) is 18.6 Å². The lowest BCUT2D eigenvalue weighted by atomic mass is 9.46. The number of hydrogen-bond donors (Lipinski definition) is 0. The Morgan fingerprint density at radius 1 is 1.27 bits per heavy atom. The van der Waals surface area contributed by atoms with E-state index in [0.29, 0.717) is 6.04 Å². The Labute approximate surface area is 93.4 Å². The summed E-state index contributed by atoms with van der Waals surface area (Å²) in [5.74, 6) is 5.56. The molecule has 5 unspecified atom stereocenters. The predicted molar refractivity (Wildman–Crippen MR) is 64.1 cm³/mol. The summed E-state index contributed by atoms with van der Waals surface area (Å²) in [4.78, 5) is 5.00. The molecule has 0 aromatic carbocycles. The van der Waals surface area contributed by atoms with Crippen LogP contribution in [0.25, 0.3) is 0 Å². The fraction of sp³-hybridized carbons (Fsp3) is 0.929. The van der Waals surface area contributed by atoms with Crippen molar-refractivity contribution < 1.29 is 0 Å². The number of hydrogen-bond acceptors (Lipinski definition) is 1. The first kappa shape index (κ1) is 9.86. The van der Waals surface area contributed by atoms with Crippen molar-refractivity contribution in [1.82, 2.24) is 0 Å². The van der Waals surface area contributed by atoms with E-state index in [1.54, 1.807) is 0 Å². The van der Waals surface area contributed by atoms with Gasteiger partial charge in [0.25, 0.3) is 0 Å². The fourth-order valence-corrected chi connectivity index (χ4v) is 4.87. The maximum atomic E-state index is 5.00. The Hall–Kier alpha value is -0.330. The predicted octanol–water partition coefficient (Wildman–Crippen LogP) is 3.39. The first-order chi connectivity index (χ1) is 7.15. The van der Waals surface area contributed by atoms with E-state index >= 15 is 0 Å². The average Bonchev–Trinajstić information content (AvgIpc) is 2.16. The molecule has 2 saturated carbocycles. The highest BCUT2D eigenvalue weighted by Gasteiger charge is 2.57. The molecule has 4 aliphatic heterocycles. The van der Waals surface area contributed by atoms with E-state index in [-0.39, 0.29) is 0 Å². The lowest BCUT2D eigenvalue weighted by Crippen LogP contribution is -2.60. The Balaban J connectivity index is 1.96. The van der Waals surface area contributed by atoms with Crippen molar-refractivity contribution in [1.29, 1.82) is 0 Å². The molecule has 0 aromatic heterocycles. The van der Waals surface area contributed by atoms with Gasteiger partial charge in [0.15, 0.2) is 0 Å². The van der Waals surface area contributed by atoms with Crippen LogP contribution in [-0.2, 0) is 0 Å². The van der Waals surface area contributed by atoms with Crippen LogP contribution in [0.3, 0.4) is 0 Å². The van der Waals surface area contributed by atoms with Gasteiger partial charge in [0.1, 0.15) is 0 Å². The highest BCUT2D eigenvalue weighted by atomic mass is 14.9. The molecular weight excluding hydrogens is 182 g/mol. The van der Waals surface area contributed by atoms with Gasteiger partial charge in [-0.15, -0.1) is 0 Å². The summed E-state index contributed by atoms with van der Waals surface area (Å²) >= 11 is 0. The van der Waals surface area contributed by atoms with Gasteiger partial charge in [-0.05, 0) is 48.9 Å². The summed E-state index contributed by atoms with van der Waals surface area (Å²) < 4.78 is 0. The highest BCUT2D eigenvalue weighted by Crippen LogP contribution is 2.59. The minimum Gasteiger partial charge on any atom is -0.290 e. The van der Waals surface area contributed by atoms with Crippen LogP contribution < -0.4 is 0 Å². The number of nitrogens with zero attached hydrogens (tertiary/aromatic N) is 1. The lowest BCUT2D eigenvalue weighted by Gasteiger charge is -2.61. The average molecular weight is 205 g/mol. The van der Waals surface area contributed by atoms with E-state index in [4.69, 9.17) is 4.99 Å². The molecule has 2 aliphatic carbocycles. The SMILES string of the molecule is CCC1C2CC1C1C(C)C(/N=C\2C)C1C. The quantitative estimate of drug-likeness (QED) is 0.622. The molecule has 4 bridgehead atoms. The molecule has 1 nitrogen and oxygen atoms in total. The normalized spacial score (nSPS) is 60.5. The third-order valence-corrected chi connectivity index (χ3v) is 5.74. The second-order valence-corrected chi connectivity index (χ2v) is 6.13. The van der Waals surface area contributed by atoms with E-state index in [1.807, 2.05) is 0 Å². The van der Waals surface area contributed by atoms with Crippen LogP contribution in [-0.4, -0.2) is 11.8 Å². The molecule has 0 N–H and O–H groups in total. The van der Waals surface area contributed by atoms with Crippen LogP contribution in [0.1, 0.15) is 40.5 Å². The highest BCUT2D eigenvalue weighted by molar-refractivity contribution is 5.86. The first-order valence-corrected chi connectivity index (χ1v) is 6.69. The van der Waals surface area contributed by atoms with Gasteiger partial charge in [0.05, 0.1) is 6.04 Å². The largest absolute Gasteiger partial charge is 0.290 e. The Morgan fingerprint density at radius 3 is 2.53 bits per heavy atom. The molecule has 5 atom stereocenters. The van der Waals surface area contributed by atoms with Crippen LogP contribution in [0.5, 0.6) is 0 Å². The first-order valence-electron chi connectivity index (χ1n) is 6.69. The van der Waals surface area contributed by atoms with Crippen LogP contribution in [0.4, 0.5) is 0 Å². The van der Waals surface area contributed by atoms with E-state index in [0.717, 1.165) is 35.5 Å². The van der Waals surface area contributed by atoms with Crippen molar-refractivity contribution in [3.63, 3.8) is 0 Å². The topological polar surface area (TPSA) is 12.4 Å². The van der Waals surface area contributed by atoms with Gasteiger partial charge < -0.3 is 0 Å². The van der Waals surface area contributed by atoms with Crippen molar-refractivity contribution in [3.8, 4) is 0 Å². The van der Waals surface area contributed by atoms with Gasteiger partial charge >= 0.3 is 0 Å². The second-order valence-electron chi connectivity index (χ2n) is 6.13.